The van der Waals surface area contributed by atoms with Crippen LogP contribution in [0.4, 0.5) is 4.39 Å². The van der Waals surface area contributed by atoms with Crippen molar-refractivity contribution in [1.29, 1.82) is 0 Å². The minimum atomic E-state index is -0.516. The van der Waals surface area contributed by atoms with Crippen LogP contribution in [0.2, 0.25) is 5.02 Å². The third-order valence-electron chi connectivity index (χ3n) is 2.73. The lowest BCUT2D eigenvalue weighted by molar-refractivity contribution is 0.556. The van der Waals surface area contributed by atoms with Crippen molar-refractivity contribution in [2.24, 2.45) is 5.84 Å². The lowest BCUT2D eigenvalue weighted by atomic mass is 9.99. The van der Waals surface area contributed by atoms with Crippen LogP contribution in [0.3, 0.4) is 0 Å². The number of hydrazine groups is 1. The average molecular weight is 408 g/mol. The normalized spacial score (nSPS) is 12.5. The van der Waals surface area contributed by atoms with Gasteiger partial charge in [-0.15, -0.1) is 0 Å². The minimum absolute atomic E-state index is 0.357. The van der Waals surface area contributed by atoms with E-state index in [1.165, 1.54) is 0 Å². The van der Waals surface area contributed by atoms with Crippen LogP contribution in [0.25, 0.3) is 0 Å². The molecule has 6 heteroatoms. The number of hydrogen-bond donors (Lipinski definition) is 2. The Labute approximate surface area is 132 Å². The summed E-state index contributed by atoms with van der Waals surface area (Å²) in [5.74, 6) is 5.20. The summed E-state index contributed by atoms with van der Waals surface area (Å²) in [6.45, 7) is 0. The fourth-order valence-electron chi connectivity index (χ4n) is 1.83. The molecule has 0 heterocycles. The van der Waals surface area contributed by atoms with Crippen LogP contribution in [-0.2, 0) is 0 Å². The quantitative estimate of drug-likeness (QED) is 0.577. The van der Waals surface area contributed by atoms with Crippen molar-refractivity contribution in [3.8, 4) is 0 Å². The van der Waals surface area contributed by atoms with Gasteiger partial charge in [-0.25, -0.2) is 9.82 Å². The average Bonchev–Trinajstić information content (AvgIpc) is 2.37. The molecule has 0 amide bonds. The molecule has 0 aromatic heterocycles. The van der Waals surface area contributed by atoms with E-state index in [1.807, 2.05) is 6.07 Å². The highest BCUT2D eigenvalue weighted by molar-refractivity contribution is 9.10. The number of hydrogen-bond acceptors (Lipinski definition) is 2. The van der Waals surface area contributed by atoms with Gasteiger partial charge in [-0.3, -0.25) is 5.84 Å². The molecule has 0 radical (unpaired) electrons. The largest absolute Gasteiger partial charge is 0.271 e. The smallest absolute Gasteiger partial charge is 0.142 e. The van der Waals surface area contributed by atoms with Crippen LogP contribution < -0.4 is 11.3 Å². The number of nitrogens with one attached hydrogen (secondary N) is 1. The maximum atomic E-state index is 14.1. The van der Waals surface area contributed by atoms with E-state index in [2.05, 4.69) is 37.3 Å². The van der Waals surface area contributed by atoms with E-state index in [1.54, 1.807) is 30.3 Å². The number of nitrogens with two attached hydrogens (primary N) is 1. The molecule has 2 rings (SSSR count). The SMILES string of the molecule is NNC(c1ccc(Br)cc1Cl)c1cccc(Br)c1F. The Bertz CT molecular complexity index is 607. The van der Waals surface area contributed by atoms with Gasteiger partial charge in [0.2, 0.25) is 0 Å². The first-order valence-corrected chi connectivity index (χ1v) is 7.36. The molecule has 0 spiro atoms. The summed E-state index contributed by atoms with van der Waals surface area (Å²) in [4.78, 5) is 0. The predicted molar refractivity (Wildman–Crippen MR) is 82.4 cm³/mol. The fourth-order valence-corrected chi connectivity index (χ4v) is 2.99. The predicted octanol–water partition coefficient (Wildman–Crippen LogP) is 4.56. The van der Waals surface area contributed by atoms with E-state index in [-0.39, 0.29) is 5.82 Å². The second kappa shape index (κ2) is 6.33. The molecular formula is C13H10Br2ClFN2. The van der Waals surface area contributed by atoms with Crippen molar-refractivity contribution in [2.75, 3.05) is 0 Å². The zero-order chi connectivity index (χ0) is 14.0. The highest BCUT2D eigenvalue weighted by atomic mass is 79.9. The zero-order valence-electron chi connectivity index (χ0n) is 9.63. The number of halogens is 4. The molecule has 3 N–H and O–H groups in total. The molecule has 0 aliphatic carbocycles. The van der Waals surface area contributed by atoms with Crippen molar-refractivity contribution in [3.63, 3.8) is 0 Å². The summed E-state index contributed by atoms with van der Waals surface area (Å²) >= 11 is 12.7. The van der Waals surface area contributed by atoms with Gasteiger partial charge in [0.05, 0.1) is 10.5 Å². The van der Waals surface area contributed by atoms with E-state index in [0.29, 0.717) is 20.6 Å². The molecule has 2 aromatic rings. The second-order valence-electron chi connectivity index (χ2n) is 3.91. The van der Waals surface area contributed by atoms with Crippen LogP contribution in [-0.4, -0.2) is 0 Å². The number of benzene rings is 2. The van der Waals surface area contributed by atoms with Crippen LogP contribution in [0.15, 0.2) is 45.3 Å². The van der Waals surface area contributed by atoms with Gasteiger partial charge in [0, 0.05) is 15.1 Å². The van der Waals surface area contributed by atoms with Gasteiger partial charge in [-0.1, -0.05) is 45.7 Å². The van der Waals surface area contributed by atoms with Gasteiger partial charge >= 0.3 is 0 Å². The van der Waals surface area contributed by atoms with Gasteiger partial charge in [0.15, 0.2) is 0 Å². The van der Waals surface area contributed by atoms with E-state index in [0.717, 1.165) is 4.47 Å². The van der Waals surface area contributed by atoms with Crippen LogP contribution in [0.5, 0.6) is 0 Å². The maximum Gasteiger partial charge on any atom is 0.142 e. The molecule has 19 heavy (non-hydrogen) atoms. The van der Waals surface area contributed by atoms with Crippen molar-refractivity contribution >= 4 is 43.5 Å². The highest BCUT2D eigenvalue weighted by Gasteiger charge is 2.20. The molecule has 2 nitrogen and oxygen atoms in total. The fraction of sp³-hybridized carbons (Fsp3) is 0.0769. The summed E-state index contributed by atoms with van der Waals surface area (Å²) in [5, 5.41) is 0.511. The molecule has 0 aliphatic rings. The van der Waals surface area contributed by atoms with Crippen LogP contribution >= 0.6 is 43.5 Å². The van der Waals surface area contributed by atoms with Crippen LogP contribution in [0, 0.1) is 5.82 Å². The van der Waals surface area contributed by atoms with Gasteiger partial charge in [-0.05, 0) is 39.7 Å². The second-order valence-corrected chi connectivity index (χ2v) is 6.09. The maximum absolute atomic E-state index is 14.1. The van der Waals surface area contributed by atoms with E-state index in [4.69, 9.17) is 17.4 Å². The molecule has 2 aromatic carbocycles. The van der Waals surface area contributed by atoms with Gasteiger partial charge < -0.3 is 0 Å². The van der Waals surface area contributed by atoms with E-state index >= 15 is 0 Å². The summed E-state index contributed by atoms with van der Waals surface area (Å²) in [6.07, 6.45) is 0. The van der Waals surface area contributed by atoms with Gasteiger partial charge in [0.1, 0.15) is 5.82 Å². The molecule has 0 saturated heterocycles. The first-order valence-electron chi connectivity index (χ1n) is 5.39. The Morgan fingerprint density at radius 1 is 1.16 bits per heavy atom. The zero-order valence-corrected chi connectivity index (χ0v) is 13.6. The number of rotatable bonds is 3. The van der Waals surface area contributed by atoms with Crippen molar-refractivity contribution in [2.45, 2.75) is 6.04 Å². The third-order valence-corrected chi connectivity index (χ3v) is 4.17. The van der Waals surface area contributed by atoms with Gasteiger partial charge in [-0.2, -0.15) is 0 Å². The standard InChI is InChI=1S/C13H10Br2ClFN2/c14-7-4-5-8(11(16)6-7)13(19-18)9-2-1-3-10(15)12(9)17/h1-6,13,19H,18H2. The van der Waals surface area contributed by atoms with Crippen molar-refractivity contribution < 1.29 is 4.39 Å². The first kappa shape index (κ1) is 14.9. The molecule has 1 unspecified atom stereocenters. The first-order chi connectivity index (χ1) is 9.04. The van der Waals surface area contributed by atoms with E-state index in [9.17, 15) is 4.39 Å². The highest BCUT2D eigenvalue weighted by Crippen LogP contribution is 2.32. The monoisotopic (exact) mass is 406 g/mol. The summed E-state index contributed by atoms with van der Waals surface area (Å²) < 4.78 is 15.4. The molecule has 0 bridgehead atoms. The van der Waals surface area contributed by atoms with Crippen molar-refractivity contribution in [3.05, 3.63) is 67.3 Å². The Hall–Kier alpha value is -0.460. The lowest BCUT2D eigenvalue weighted by Gasteiger charge is -2.19. The molecular weight excluding hydrogens is 398 g/mol. The van der Waals surface area contributed by atoms with Crippen LogP contribution in [0.1, 0.15) is 17.2 Å². The summed E-state index contributed by atoms with van der Waals surface area (Å²) in [6, 6.07) is 9.92. The summed E-state index contributed by atoms with van der Waals surface area (Å²) in [7, 11) is 0. The Morgan fingerprint density at radius 3 is 2.53 bits per heavy atom. The molecule has 0 saturated carbocycles. The third kappa shape index (κ3) is 3.17. The van der Waals surface area contributed by atoms with Crippen molar-refractivity contribution in [1.82, 2.24) is 5.43 Å². The Morgan fingerprint density at radius 2 is 1.89 bits per heavy atom. The van der Waals surface area contributed by atoms with Gasteiger partial charge in [0.25, 0.3) is 0 Å². The molecule has 100 valence electrons. The molecule has 0 aliphatic heterocycles. The minimum Gasteiger partial charge on any atom is -0.271 e. The topological polar surface area (TPSA) is 38.0 Å². The Kier molecular flexibility index (Phi) is 4.97. The lowest BCUT2D eigenvalue weighted by Crippen LogP contribution is -2.29. The summed E-state index contributed by atoms with van der Waals surface area (Å²) in [5.41, 5.74) is 3.75. The van der Waals surface area contributed by atoms with E-state index < -0.39 is 6.04 Å². The molecule has 1 atom stereocenters. The molecule has 0 fully saturated rings. The Balaban J connectivity index is 2.53.